The molecule has 1 saturated carbocycles. The molecule has 0 amide bonds. The lowest BCUT2D eigenvalue weighted by molar-refractivity contribution is -0.148. The summed E-state index contributed by atoms with van der Waals surface area (Å²) >= 11 is 0. The molecule has 0 radical (unpaired) electrons. The molecule has 0 bridgehead atoms. The van der Waals surface area contributed by atoms with Gasteiger partial charge in [0.15, 0.2) is 17.6 Å². The summed E-state index contributed by atoms with van der Waals surface area (Å²) in [7, 11) is 1.44. The zero-order valence-electron chi connectivity index (χ0n) is 14.9. The van der Waals surface area contributed by atoms with E-state index >= 15 is 0 Å². The Morgan fingerprint density at radius 1 is 1.30 bits per heavy atom. The van der Waals surface area contributed by atoms with Gasteiger partial charge in [-0.2, -0.15) is 0 Å². The summed E-state index contributed by atoms with van der Waals surface area (Å²) in [6, 6.07) is 4.75. The second-order valence-corrected chi connectivity index (χ2v) is 6.43. The van der Waals surface area contributed by atoms with E-state index in [1.54, 1.807) is 18.2 Å². The number of allylic oxidation sites excluding steroid dienone is 1. The van der Waals surface area contributed by atoms with Crippen LogP contribution in [0.5, 0.6) is 11.5 Å². The SMILES string of the molecule is C=C(/C=C/c1ccc(O)c(OC)c1)O[C@H]1C(O)C[C@](O)(C(=C)N=O)C[C@H]1O. The van der Waals surface area contributed by atoms with Crippen LogP contribution < -0.4 is 4.74 Å². The van der Waals surface area contributed by atoms with Crippen molar-refractivity contribution < 1.29 is 29.9 Å². The number of benzene rings is 1. The van der Waals surface area contributed by atoms with Crippen molar-refractivity contribution in [2.75, 3.05) is 7.11 Å². The molecule has 1 aliphatic carbocycles. The highest BCUT2D eigenvalue weighted by molar-refractivity contribution is 5.57. The molecule has 0 aromatic heterocycles. The molecule has 146 valence electrons. The van der Waals surface area contributed by atoms with E-state index in [0.717, 1.165) is 0 Å². The molecule has 1 aromatic carbocycles. The van der Waals surface area contributed by atoms with Crippen molar-refractivity contribution >= 4 is 6.08 Å². The van der Waals surface area contributed by atoms with E-state index in [1.165, 1.54) is 19.3 Å². The van der Waals surface area contributed by atoms with Crippen LogP contribution in [-0.4, -0.2) is 51.4 Å². The molecule has 0 saturated heterocycles. The highest BCUT2D eigenvalue weighted by atomic mass is 16.5. The number of nitrogens with zero attached hydrogens (tertiary/aromatic N) is 1. The summed E-state index contributed by atoms with van der Waals surface area (Å²) in [5.41, 5.74) is -1.42. The first kappa shape index (κ1) is 20.6. The molecule has 2 rings (SSSR count). The van der Waals surface area contributed by atoms with Gasteiger partial charge in [-0.05, 0) is 28.9 Å². The maximum Gasteiger partial charge on any atom is 0.161 e. The van der Waals surface area contributed by atoms with Gasteiger partial charge in [0.2, 0.25) is 0 Å². The monoisotopic (exact) mass is 377 g/mol. The van der Waals surface area contributed by atoms with Gasteiger partial charge in [0.25, 0.3) is 0 Å². The van der Waals surface area contributed by atoms with Gasteiger partial charge in [0.1, 0.15) is 17.1 Å². The second kappa shape index (κ2) is 8.34. The molecule has 8 heteroatoms. The molecule has 0 heterocycles. The predicted octanol–water partition coefficient (Wildman–Crippen LogP) is 1.84. The summed E-state index contributed by atoms with van der Waals surface area (Å²) in [6.07, 6.45) is -0.849. The quantitative estimate of drug-likeness (QED) is 0.324. The highest BCUT2D eigenvalue weighted by Crippen LogP contribution is 2.36. The van der Waals surface area contributed by atoms with Crippen LogP contribution >= 0.6 is 0 Å². The van der Waals surface area contributed by atoms with Gasteiger partial charge in [-0.3, -0.25) is 0 Å². The maximum atomic E-state index is 10.6. The number of aliphatic hydroxyl groups excluding tert-OH is 2. The van der Waals surface area contributed by atoms with Crippen molar-refractivity contribution in [1.82, 2.24) is 0 Å². The third-order valence-corrected chi connectivity index (χ3v) is 4.45. The van der Waals surface area contributed by atoms with Crippen molar-refractivity contribution in [3.05, 3.63) is 59.4 Å². The topological polar surface area (TPSA) is 129 Å². The number of methoxy groups -OCH3 is 1. The average Bonchev–Trinajstić information content (AvgIpc) is 2.63. The lowest BCUT2D eigenvalue weighted by Crippen LogP contribution is -2.53. The standard InChI is InChI=1S/C19H23NO7/c1-11(4-5-13-6-7-14(21)17(8-13)26-3)27-18-15(22)9-19(24,10-16(18)23)12(2)20-25/h4-8,15-16,18,21-24H,1-2,9-10H2,3H3/b5-4+/t15-,16?,18-,19+/m1/s1. The number of nitroso groups, excluding NO2 is 1. The number of aromatic hydroxyl groups is 1. The lowest BCUT2D eigenvalue weighted by atomic mass is 9.78. The van der Waals surface area contributed by atoms with Crippen LogP contribution in [0.1, 0.15) is 18.4 Å². The predicted molar refractivity (Wildman–Crippen MR) is 98.8 cm³/mol. The third kappa shape index (κ3) is 4.73. The minimum absolute atomic E-state index is 0.0112. The van der Waals surface area contributed by atoms with Crippen LogP contribution in [0.3, 0.4) is 0 Å². The Hall–Kier alpha value is -2.68. The summed E-state index contributed by atoms with van der Waals surface area (Å²) in [5.74, 6) is 0.491. The smallest absolute Gasteiger partial charge is 0.161 e. The number of hydrogen-bond donors (Lipinski definition) is 4. The first-order valence-corrected chi connectivity index (χ1v) is 8.22. The van der Waals surface area contributed by atoms with Gasteiger partial charge < -0.3 is 29.9 Å². The van der Waals surface area contributed by atoms with Gasteiger partial charge in [-0.1, -0.05) is 25.3 Å². The summed E-state index contributed by atoms with van der Waals surface area (Å²) < 4.78 is 10.5. The van der Waals surface area contributed by atoms with Crippen LogP contribution in [0.15, 0.2) is 54.1 Å². The molecule has 0 spiro atoms. The fourth-order valence-electron chi connectivity index (χ4n) is 2.94. The van der Waals surface area contributed by atoms with Crippen molar-refractivity contribution in [2.24, 2.45) is 5.18 Å². The van der Waals surface area contributed by atoms with E-state index in [1.807, 2.05) is 0 Å². The Labute approximate surface area is 156 Å². The minimum atomic E-state index is -1.78. The second-order valence-electron chi connectivity index (χ2n) is 6.43. The van der Waals surface area contributed by atoms with Crippen molar-refractivity contribution in [1.29, 1.82) is 0 Å². The van der Waals surface area contributed by atoms with E-state index in [-0.39, 0.29) is 30.0 Å². The Balaban J connectivity index is 2.03. The van der Waals surface area contributed by atoms with Crippen molar-refractivity contribution in [2.45, 2.75) is 36.8 Å². The van der Waals surface area contributed by atoms with Gasteiger partial charge in [-0.25, -0.2) is 0 Å². The molecular weight excluding hydrogens is 354 g/mol. The van der Waals surface area contributed by atoms with Crippen LogP contribution in [0.25, 0.3) is 6.08 Å². The van der Waals surface area contributed by atoms with E-state index in [2.05, 4.69) is 18.3 Å². The largest absolute Gasteiger partial charge is 0.504 e. The number of rotatable bonds is 7. The van der Waals surface area contributed by atoms with Crippen LogP contribution in [0.2, 0.25) is 0 Å². The molecule has 0 aliphatic heterocycles. The zero-order valence-corrected chi connectivity index (χ0v) is 14.9. The fourth-order valence-corrected chi connectivity index (χ4v) is 2.94. The van der Waals surface area contributed by atoms with E-state index in [0.29, 0.717) is 11.3 Å². The molecule has 27 heavy (non-hydrogen) atoms. The van der Waals surface area contributed by atoms with Gasteiger partial charge >= 0.3 is 0 Å². The third-order valence-electron chi connectivity index (χ3n) is 4.45. The number of ether oxygens (including phenoxy) is 2. The first-order chi connectivity index (χ1) is 12.7. The van der Waals surface area contributed by atoms with Gasteiger partial charge in [0.05, 0.1) is 19.3 Å². The molecule has 1 fully saturated rings. The fraction of sp³-hybridized carbons (Fsp3) is 0.368. The molecule has 1 unspecified atom stereocenters. The van der Waals surface area contributed by atoms with Gasteiger partial charge in [-0.15, -0.1) is 4.91 Å². The number of phenolic OH excluding ortho intramolecular Hbond substituents is 1. The van der Waals surface area contributed by atoms with Crippen LogP contribution in [0.4, 0.5) is 0 Å². The normalized spacial score (nSPS) is 27.9. The first-order valence-electron chi connectivity index (χ1n) is 8.22. The van der Waals surface area contributed by atoms with E-state index < -0.39 is 23.9 Å². The molecule has 4 atom stereocenters. The molecular formula is C19H23NO7. The minimum Gasteiger partial charge on any atom is -0.504 e. The molecule has 1 aliphatic rings. The summed E-state index contributed by atoms with van der Waals surface area (Å²) in [4.78, 5) is 10.6. The van der Waals surface area contributed by atoms with Crippen molar-refractivity contribution in [3.63, 3.8) is 0 Å². The Morgan fingerprint density at radius 3 is 2.48 bits per heavy atom. The lowest BCUT2D eigenvalue weighted by Gasteiger charge is -2.41. The van der Waals surface area contributed by atoms with Crippen molar-refractivity contribution in [3.8, 4) is 11.5 Å². The average molecular weight is 377 g/mol. The highest BCUT2D eigenvalue weighted by Gasteiger charge is 2.47. The van der Waals surface area contributed by atoms with E-state index in [4.69, 9.17) is 9.47 Å². The molecule has 4 N–H and O–H groups in total. The summed E-state index contributed by atoms with van der Waals surface area (Å²) in [5, 5.41) is 42.9. The number of phenols is 1. The van der Waals surface area contributed by atoms with Crippen LogP contribution in [-0.2, 0) is 4.74 Å². The zero-order chi connectivity index (χ0) is 20.2. The molecule has 1 aromatic rings. The van der Waals surface area contributed by atoms with E-state index in [9.17, 15) is 25.3 Å². The Bertz CT molecular complexity index is 746. The Morgan fingerprint density at radius 2 is 1.93 bits per heavy atom. The number of hydrogen-bond acceptors (Lipinski definition) is 8. The number of aliphatic hydroxyl groups is 3. The summed E-state index contributed by atoms with van der Waals surface area (Å²) in [6.45, 7) is 7.08. The molecule has 8 nitrogen and oxygen atoms in total. The van der Waals surface area contributed by atoms with Crippen LogP contribution in [0, 0.1) is 4.91 Å². The maximum absolute atomic E-state index is 10.6. The Kier molecular flexibility index (Phi) is 6.37. The van der Waals surface area contributed by atoms with Gasteiger partial charge in [0, 0.05) is 12.8 Å².